The predicted molar refractivity (Wildman–Crippen MR) is 100 cm³/mol. The standard InChI is InChI=1S/C19H19FN6O2/c1-10-7-12(20)8-13-11(2)26(27-16(10)13)15-5-6-25-18(22-15)14(9-21-25)17-23-19(3,4)28-24-17/h5-9,11H,1-4H3,(H,23,24). The zero-order valence-corrected chi connectivity index (χ0v) is 15.9. The van der Waals surface area contributed by atoms with Crippen LogP contribution in [-0.4, -0.2) is 26.2 Å². The SMILES string of the molecule is Cc1cc(F)cc2c1ON(c1ccn3ncc(C4=NC(C)(C)ON4)c3n1)C2C. The van der Waals surface area contributed by atoms with Crippen LogP contribution in [0.3, 0.4) is 0 Å². The highest BCUT2D eigenvalue weighted by molar-refractivity contribution is 6.03. The summed E-state index contributed by atoms with van der Waals surface area (Å²) in [6.07, 6.45) is 3.49. The summed E-state index contributed by atoms with van der Waals surface area (Å²) in [4.78, 5) is 20.7. The second-order valence-corrected chi connectivity index (χ2v) is 7.46. The van der Waals surface area contributed by atoms with Gasteiger partial charge in [-0.1, -0.05) is 0 Å². The number of aliphatic imine (C=N–C) groups is 1. The van der Waals surface area contributed by atoms with Gasteiger partial charge in [0.2, 0.25) is 0 Å². The van der Waals surface area contributed by atoms with Crippen molar-refractivity contribution in [3.8, 4) is 5.75 Å². The monoisotopic (exact) mass is 382 g/mol. The fourth-order valence-corrected chi connectivity index (χ4v) is 3.49. The molecule has 1 N–H and O–H groups in total. The molecule has 1 aromatic carbocycles. The van der Waals surface area contributed by atoms with Crippen molar-refractivity contribution in [3.05, 3.63) is 53.1 Å². The van der Waals surface area contributed by atoms with Gasteiger partial charge in [-0.25, -0.2) is 29.2 Å². The first-order valence-electron chi connectivity index (χ1n) is 8.98. The number of nitrogens with zero attached hydrogens (tertiary/aromatic N) is 5. The number of hydroxylamine groups is 2. The number of aromatic nitrogens is 3. The predicted octanol–water partition coefficient (Wildman–Crippen LogP) is 3.07. The lowest BCUT2D eigenvalue weighted by Crippen LogP contribution is -2.25. The minimum atomic E-state index is -0.656. The van der Waals surface area contributed by atoms with Gasteiger partial charge in [0.15, 0.2) is 28.8 Å². The van der Waals surface area contributed by atoms with Crippen molar-refractivity contribution < 1.29 is 14.1 Å². The van der Waals surface area contributed by atoms with Crippen molar-refractivity contribution in [2.45, 2.75) is 39.5 Å². The van der Waals surface area contributed by atoms with Crippen molar-refractivity contribution in [1.29, 1.82) is 0 Å². The van der Waals surface area contributed by atoms with Gasteiger partial charge in [-0.2, -0.15) is 10.2 Å². The van der Waals surface area contributed by atoms with Crippen molar-refractivity contribution in [2.75, 3.05) is 5.06 Å². The van der Waals surface area contributed by atoms with E-state index in [1.54, 1.807) is 22.0 Å². The van der Waals surface area contributed by atoms with E-state index in [2.05, 4.69) is 15.6 Å². The lowest BCUT2D eigenvalue weighted by atomic mass is 10.0. The number of hydrogen-bond acceptors (Lipinski definition) is 7. The van der Waals surface area contributed by atoms with Gasteiger partial charge in [-0.3, -0.25) is 0 Å². The van der Waals surface area contributed by atoms with Gasteiger partial charge in [0.1, 0.15) is 5.82 Å². The van der Waals surface area contributed by atoms with Gasteiger partial charge in [-0.05, 0) is 45.4 Å². The second-order valence-electron chi connectivity index (χ2n) is 7.46. The Hall–Kier alpha value is -3.20. The van der Waals surface area contributed by atoms with Gasteiger partial charge >= 0.3 is 0 Å². The minimum absolute atomic E-state index is 0.185. The Labute approximate surface area is 160 Å². The molecule has 2 aromatic heterocycles. The molecule has 9 heteroatoms. The van der Waals surface area contributed by atoms with Gasteiger partial charge in [0.25, 0.3) is 0 Å². The number of nitrogens with one attached hydrogen (secondary N) is 1. The Morgan fingerprint density at radius 2 is 2.11 bits per heavy atom. The molecule has 2 aliphatic heterocycles. The lowest BCUT2D eigenvalue weighted by Gasteiger charge is -2.20. The minimum Gasteiger partial charge on any atom is -0.377 e. The third-order valence-corrected chi connectivity index (χ3v) is 4.87. The highest BCUT2D eigenvalue weighted by atomic mass is 19.1. The topological polar surface area (TPSA) is 76.3 Å². The van der Waals surface area contributed by atoms with E-state index in [0.717, 1.165) is 16.7 Å². The molecule has 3 aromatic rings. The molecule has 0 amide bonds. The average Bonchev–Trinajstić information content (AvgIpc) is 3.30. The maximum atomic E-state index is 13.8. The highest BCUT2D eigenvalue weighted by Crippen LogP contribution is 2.41. The summed E-state index contributed by atoms with van der Waals surface area (Å²) in [5, 5.41) is 6.01. The molecule has 0 bridgehead atoms. The van der Waals surface area contributed by atoms with Crippen molar-refractivity contribution >= 4 is 17.3 Å². The molecule has 8 nitrogen and oxygen atoms in total. The summed E-state index contributed by atoms with van der Waals surface area (Å²) < 4.78 is 15.5. The number of fused-ring (bicyclic) bond motifs is 2. The fraction of sp³-hybridized carbons (Fsp3) is 0.316. The number of halogens is 1. The summed E-state index contributed by atoms with van der Waals surface area (Å²) in [5.74, 6) is 1.56. The average molecular weight is 382 g/mol. The Morgan fingerprint density at radius 1 is 1.29 bits per heavy atom. The van der Waals surface area contributed by atoms with Crippen LogP contribution in [0, 0.1) is 12.7 Å². The quantitative estimate of drug-likeness (QED) is 0.734. The molecule has 0 radical (unpaired) electrons. The molecular formula is C19H19FN6O2. The first kappa shape index (κ1) is 16.9. The van der Waals surface area contributed by atoms with Crippen molar-refractivity contribution in [2.24, 2.45) is 4.99 Å². The molecule has 0 spiro atoms. The molecule has 1 atom stereocenters. The maximum absolute atomic E-state index is 13.8. The largest absolute Gasteiger partial charge is 0.377 e. The van der Waals surface area contributed by atoms with Crippen LogP contribution in [0.2, 0.25) is 0 Å². The summed E-state index contributed by atoms with van der Waals surface area (Å²) >= 11 is 0. The van der Waals surface area contributed by atoms with Crippen LogP contribution in [0.15, 0.2) is 35.6 Å². The van der Waals surface area contributed by atoms with Gasteiger partial charge in [-0.15, -0.1) is 0 Å². The number of amidine groups is 1. The number of aryl methyl sites for hydroxylation is 1. The highest BCUT2D eigenvalue weighted by Gasteiger charge is 2.33. The summed E-state index contributed by atoms with van der Waals surface area (Å²) in [6, 6.07) is 4.59. The van der Waals surface area contributed by atoms with E-state index in [-0.39, 0.29) is 11.9 Å². The fourth-order valence-electron chi connectivity index (χ4n) is 3.49. The Balaban J connectivity index is 1.56. The van der Waals surface area contributed by atoms with Crippen LogP contribution in [0.5, 0.6) is 5.75 Å². The molecule has 0 fully saturated rings. The van der Waals surface area contributed by atoms with Crippen LogP contribution in [0.25, 0.3) is 5.65 Å². The maximum Gasteiger partial charge on any atom is 0.182 e. The Bertz CT molecular complexity index is 1140. The zero-order chi connectivity index (χ0) is 19.6. The Kier molecular flexibility index (Phi) is 3.42. The third kappa shape index (κ3) is 2.50. The van der Waals surface area contributed by atoms with Gasteiger partial charge < -0.3 is 4.84 Å². The van der Waals surface area contributed by atoms with Crippen LogP contribution in [0.1, 0.15) is 43.5 Å². The molecule has 0 aliphatic carbocycles. The number of hydrogen-bond donors (Lipinski definition) is 1. The molecule has 4 heterocycles. The van der Waals surface area contributed by atoms with Gasteiger partial charge in [0.05, 0.1) is 17.8 Å². The molecule has 5 rings (SSSR count). The second kappa shape index (κ2) is 5.65. The van der Waals surface area contributed by atoms with Crippen LogP contribution >= 0.6 is 0 Å². The smallest absolute Gasteiger partial charge is 0.182 e. The molecule has 0 saturated carbocycles. The van der Waals surface area contributed by atoms with E-state index in [0.29, 0.717) is 23.1 Å². The molecule has 0 saturated heterocycles. The van der Waals surface area contributed by atoms with Crippen LogP contribution in [-0.2, 0) is 4.84 Å². The van der Waals surface area contributed by atoms with E-state index < -0.39 is 5.72 Å². The lowest BCUT2D eigenvalue weighted by molar-refractivity contribution is -0.0269. The molecule has 1 unspecified atom stereocenters. The van der Waals surface area contributed by atoms with Crippen molar-refractivity contribution in [1.82, 2.24) is 20.1 Å². The molecular weight excluding hydrogens is 363 g/mol. The molecule has 144 valence electrons. The normalized spacial score (nSPS) is 20.1. The van der Waals surface area contributed by atoms with Crippen molar-refractivity contribution in [3.63, 3.8) is 0 Å². The first-order chi connectivity index (χ1) is 13.3. The Morgan fingerprint density at radius 3 is 2.86 bits per heavy atom. The first-order valence-corrected chi connectivity index (χ1v) is 8.98. The summed E-state index contributed by atoms with van der Waals surface area (Å²) in [5.41, 5.74) is 5.06. The van der Waals surface area contributed by atoms with Gasteiger partial charge in [0, 0.05) is 17.8 Å². The third-order valence-electron chi connectivity index (χ3n) is 4.87. The van der Waals surface area contributed by atoms with E-state index in [1.165, 1.54) is 12.1 Å². The van der Waals surface area contributed by atoms with Crippen LogP contribution in [0.4, 0.5) is 10.2 Å². The van der Waals surface area contributed by atoms with E-state index in [4.69, 9.17) is 14.7 Å². The number of anilines is 1. The molecule has 2 aliphatic rings. The van der Waals surface area contributed by atoms with E-state index in [9.17, 15) is 4.39 Å². The zero-order valence-electron chi connectivity index (χ0n) is 15.9. The van der Waals surface area contributed by atoms with E-state index in [1.807, 2.05) is 33.8 Å². The summed E-state index contributed by atoms with van der Waals surface area (Å²) in [7, 11) is 0. The summed E-state index contributed by atoms with van der Waals surface area (Å²) in [6.45, 7) is 7.49. The number of rotatable bonds is 2. The molecule has 28 heavy (non-hydrogen) atoms. The van der Waals surface area contributed by atoms with Crippen LogP contribution < -0.4 is 15.4 Å². The number of benzene rings is 1. The van der Waals surface area contributed by atoms with E-state index >= 15 is 0 Å².